The van der Waals surface area contributed by atoms with Gasteiger partial charge < -0.3 is 10.4 Å². The Morgan fingerprint density at radius 3 is 2.67 bits per heavy atom. The van der Waals surface area contributed by atoms with Gasteiger partial charge in [0.05, 0.1) is 17.1 Å². The molecule has 0 amide bonds. The van der Waals surface area contributed by atoms with E-state index in [0.29, 0.717) is 5.92 Å². The average molecular weight is 250 g/mol. The van der Waals surface area contributed by atoms with Gasteiger partial charge in [-0.1, -0.05) is 20.3 Å². The second-order valence-electron chi connectivity index (χ2n) is 6.19. The Morgan fingerprint density at radius 2 is 2.11 bits per heavy atom. The van der Waals surface area contributed by atoms with Gasteiger partial charge in [0.1, 0.15) is 0 Å². The third-order valence-electron chi connectivity index (χ3n) is 5.48. The minimum Gasteiger partial charge on any atom is -0.388 e. The van der Waals surface area contributed by atoms with Gasteiger partial charge in [-0.05, 0) is 44.6 Å². The molecule has 0 aromatic carbocycles. The molecule has 3 heteroatoms. The van der Waals surface area contributed by atoms with Crippen molar-refractivity contribution in [3.05, 3.63) is 0 Å². The van der Waals surface area contributed by atoms with E-state index in [1.807, 2.05) is 0 Å². The Bertz CT molecular complexity index is 338. The summed E-state index contributed by atoms with van der Waals surface area (Å²) in [7, 11) is 0. The fraction of sp³-hybridized carbons (Fsp3) is 0.933. The van der Waals surface area contributed by atoms with Crippen molar-refractivity contribution in [2.45, 2.75) is 58.0 Å². The molecule has 102 valence electrons. The Labute approximate surface area is 111 Å². The minimum atomic E-state index is -0.772. The molecule has 2 N–H and O–H groups in total. The Kier molecular flexibility index (Phi) is 3.99. The van der Waals surface area contributed by atoms with Crippen molar-refractivity contribution in [1.29, 1.82) is 5.26 Å². The van der Waals surface area contributed by atoms with Crippen LogP contribution >= 0.6 is 0 Å². The topological polar surface area (TPSA) is 56.0 Å². The summed E-state index contributed by atoms with van der Waals surface area (Å²) in [4.78, 5) is 0. The monoisotopic (exact) mass is 250 g/mol. The molecular weight excluding hydrogens is 224 g/mol. The van der Waals surface area contributed by atoms with Gasteiger partial charge in [0, 0.05) is 12.5 Å². The van der Waals surface area contributed by atoms with Crippen LogP contribution in [0.1, 0.15) is 52.4 Å². The lowest BCUT2D eigenvalue weighted by atomic mass is 9.61. The SMILES string of the molecule is CCC1CCC(C#N)(C2(O)CCNCC2CC)C1. The number of hydrogen-bond acceptors (Lipinski definition) is 3. The highest BCUT2D eigenvalue weighted by molar-refractivity contribution is 5.17. The van der Waals surface area contributed by atoms with E-state index in [1.54, 1.807) is 0 Å². The number of aliphatic hydroxyl groups is 1. The van der Waals surface area contributed by atoms with E-state index in [0.717, 1.165) is 51.6 Å². The van der Waals surface area contributed by atoms with Gasteiger partial charge in [0.15, 0.2) is 0 Å². The molecule has 1 aliphatic carbocycles. The Hall–Kier alpha value is -0.590. The maximum Gasteiger partial charge on any atom is 0.0885 e. The van der Waals surface area contributed by atoms with Crippen LogP contribution in [-0.2, 0) is 0 Å². The van der Waals surface area contributed by atoms with Gasteiger partial charge in [-0.25, -0.2) is 0 Å². The van der Waals surface area contributed by atoms with Crippen LogP contribution < -0.4 is 5.32 Å². The van der Waals surface area contributed by atoms with Crippen LogP contribution in [-0.4, -0.2) is 23.8 Å². The fourth-order valence-corrected chi connectivity index (χ4v) is 4.13. The summed E-state index contributed by atoms with van der Waals surface area (Å²) < 4.78 is 0. The lowest BCUT2D eigenvalue weighted by Crippen LogP contribution is -2.59. The van der Waals surface area contributed by atoms with Crippen molar-refractivity contribution in [3.63, 3.8) is 0 Å². The van der Waals surface area contributed by atoms with E-state index in [1.165, 1.54) is 0 Å². The molecule has 0 aromatic rings. The van der Waals surface area contributed by atoms with E-state index in [4.69, 9.17) is 0 Å². The summed E-state index contributed by atoms with van der Waals surface area (Å²) in [6.45, 7) is 6.02. The standard InChI is InChI=1S/C15H26N2O/c1-3-12-5-6-14(9-12,11-16)15(18)7-8-17-10-13(15)4-2/h12-13,17-18H,3-10H2,1-2H3. The molecule has 3 nitrogen and oxygen atoms in total. The van der Waals surface area contributed by atoms with E-state index < -0.39 is 11.0 Å². The zero-order chi connectivity index (χ0) is 13.2. The van der Waals surface area contributed by atoms with Gasteiger partial charge in [-0.3, -0.25) is 0 Å². The van der Waals surface area contributed by atoms with Crippen molar-refractivity contribution < 1.29 is 5.11 Å². The molecule has 18 heavy (non-hydrogen) atoms. The zero-order valence-corrected chi connectivity index (χ0v) is 11.7. The van der Waals surface area contributed by atoms with Crippen LogP contribution in [0.5, 0.6) is 0 Å². The van der Waals surface area contributed by atoms with Crippen molar-refractivity contribution in [2.24, 2.45) is 17.3 Å². The van der Waals surface area contributed by atoms with Crippen LogP contribution in [0.4, 0.5) is 0 Å². The number of hydrogen-bond donors (Lipinski definition) is 2. The highest BCUT2D eigenvalue weighted by atomic mass is 16.3. The van der Waals surface area contributed by atoms with Gasteiger partial charge in [-0.15, -0.1) is 0 Å². The Morgan fingerprint density at radius 1 is 1.33 bits per heavy atom. The molecular formula is C15H26N2O. The average Bonchev–Trinajstić information content (AvgIpc) is 2.84. The summed E-state index contributed by atoms with van der Waals surface area (Å²) in [6.07, 6.45) is 5.70. The smallest absolute Gasteiger partial charge is 0.0885 e. The van der Waals surface area contributed by atoms with Crippen LogP contribution in [0.15, 0.2) is 0 Å². The molecule has 1 saturated carbocycles. The highest BCUT2D eigenvalue weighted by Crippen LogP contribution is 2.54. The van der Waals surface area contributed by atoms with E-state index in [9.17, 15) is 10.4 Å². The number of nitriles is 1. The number of nitrogens with zero attached hydrogens (tertiary/aromatic N) is 1. The van der Waals surface area contributed by atoms with E-state index in [-0.39, 0.29) is 5.92 Å². The lowest BCUT2D eigenvalue weighted by molar-refractivity contribution is -0.119. The first-order chi connectivity index (χ1) is 8.62. The molecule has 2 rings (SSSR count). The van der Waals surface area contributed by atoms with Crippen molar-refractivity contribution in [1.82, 2.24) is 5.32 Å². The first-order valence-electron chi connectivity index (χ1n) is 7.46. The van der Waals surface area contributed by atoms with Crippen LogP contribution in [0.25, 0.3) is 0 Å². The molecule has 2 fully saturated rings. The van der Waals surface area contributed by atoms with Crippen molar-refractivity contribution >= 4 is 0 Å². The lowest BCUT2D eigenvalue weighted by Gasteiger charge is -2.48. The van der Waals surface area contributed by atoms with Gasteiger partial charge in [0.25, 0.3) is 0 Å². The number of rotatable bonds is 3. The van der Waals surface area contributed by atoms with Crippen LogP contribution in [0.3, 0.4) is 0 Å². The highest BCUT2D eigenvalue weighted by Gasteiger charge is 2.57. The maximum atomic E-state index is 11.2. The van der Waals surface area contributed by atoms with Gasteiger partial charge >= 0.3 is 0 Å². The van der Waals surface area contributed by atoms with Gasteiger partial charge in [0.2, 0.25) is 0 Å². The predicted octanol–water partition coefficient (Wildman–Crippen LogP) is 2.46. The second-order valence-corrected chi connectivity index (χ2v) is 6.19. The molecule has 2 aliphatic rings. The molecule has 0 aromatic heterocycles. The third-order valence-corrected chi connectivity index (χ3v) is 5.48. The summed E-state index contributed by atoms with van der Waals surface area (Å²) >= 11 is 0. The molecule has 0 bridgehead atoms. The molecule has 1 aliphatic heterocycles. The molecule has 4 atom stereocenters. The zero-order valence-electron chi connectivity index (χ0n) is 11.7. The van der Waals surface area contributed by atoms with E-state index in [2.05, 4.69) is 25.2 Å². The van der Waals surface area contributed by atoms with Crippen molar-refractivity contribution in [3.8, 4) is 6.07 Å². The molecule has 1 heterocycles. The molecule has 0 radical (unpaired) electrons. The third kappa shape index (κ3) is 1.96. The predicted molar refractivity (Wildman–Crippen MR) is 71.9 cm³/mol. The van der Waals surface area contributed by atoms with Gasteiger partial charge in [-0.2, -0.15) is 5.26 Å². The maximum absolute atomic E-state index is 11.2. The summed E-state index contributed by atoms with van der Waals surface area (Å²) in [6, 6.07) is 2.54. The summed E-state index contributed by atoms with van der Waals surface area (Å²) in [5.74, 6) is 0.850. The summed E-state index contributed by atoms with van der Waals surface area (Å²) in [5, 5.41) is 24.3. The minimum absolute atomic E-state index is 0.224. The Balaban J connectivity index is 2.28. The summed E-state index contributed by atoms with van der Waals surface area (Å²) in [5.41, 5.74) is -1.26. The van der Waals surface area contributed by atoms with Crippen molar-refractivity contribution in [2.75, 3.05) is 13.1 Å². The van der Waals surface area contributed by atoms with E-state index >= 15 is 0 Å². The largest absolute Gasteiger partial charge is 0.388 e. The number of nitrogens with one attached hydrogen (secondary N) is 1. The normalized spacial score (nSPS) is 44.8. The fourth-order valence-electron chi connectivity index (χ4n) is 4.13. The quantitative estimate of drug-likeness (QED) is 0.809. The second kappa shape index (κ2) is 5.19. The molecule has 0 spiro atoms. The molecule has 4 unspecified atom stereocenters. The first kappa shape index (κ1) is 13.8. The molecule has 1 saturated heterocycles. The first-order valence-corrected chi connectivity index (χ1v) is 7.46. The number of piperidine rings is 1. The van der Waals surface area contributed by atoms with Crippen LogP contribution in [0.2, 0.25) is 0 Å². The van der Waals surface area contributed by atoms with Crippen LogP contribution in [0, 0.1) is 28.6 Å².